The van der Waals surface area contributed by atoms with Gasteiger partial charge in [0.05, 0.1) is 0 Å². The Morgan fingerprint density at radius 1 is 1.17 bits per heavy atom. The van der Waals surface area contributed by atoms with Crippen LogP contribution in [0.1, 0.15) is 23.7 Å². The Morgan fingerprint density at radius 2 is 1.89 bits per heavy atom. The molecule has 0 spiro atoms. The number of benzene rings is 1. The number of anilines is 2. The van der Waals surface area contributed by atoms with Gasteiger partial charge in [-0.3, -0.25) is 0 Å². The number of hydrogen-bond donors (Lipinski definition) is 2. The number of nitrogen functional groups attached to an aromatic ring is 1. The highest BCUT2D eigenvalue weighted by molar-refractivity contribution is 5.49. The summed E-state index contributed by atoms with van der Waals surface area (Å²) in [5.74, 6) is 1.16. The van der Waals surface area contributed by atoms with Crippen molar-refractivity contribution in [3.05, 3.63) is 47.2 Å². The van der Waals surface area contributed by atoms with Crippen molar-refractivity contribution >= 4 is 11.8 Å². The van der Waals surface area contributed by atoms with Crippen molar-refractivity contribution in [2.75, 3.05) is 11.1 Å². The molecule has 0 atom stereocenters. The lowest BCUT2D eigenvalue weighted by atomic mass is 10.1. The maximum Gasteiger partial charge on any atom is 0.222 e. The van der Waals surface area contributed by atoms with Crippen LogP contribution in [-0.2, 0) is 13.0 Å². The second kappa shape index (κ2) is 5.49. The Balaban J connectivity index is 2.18. The van der Waals surface area contributed by atoms with Crippen LogP contribution >= 0.6 is 0 Å². The summed E-state index contributed by atoms with van der Waals surface area (Å²) in [6, 6.07) is 10.2. The SMILES string of the molecule is CCc1c(C)nc(N)nc1NCc1ccccc1. The van der Waals surface area contributed by atoms with Crippen LogP contribution in [0.2, 0.25) is 0 Å². The van der Waals surface area contributed by atoms with E-state index in [0.29, 0.717) is 5.95 Å². The van der Waals surface area contributed by atoms with Crippen LogP contribution in [0.3, 0.4) is 0 Å². The number of rotatable bonds is 4. The van der Waals surface area contributed by atoms with Gasteiger partial charge in [0.1, 0.15) is 5.82 Å². The Kier molecular flexibility index (Phi) is 3.77. The van der Waals surface area contributed by atoms with Crippen molar-refractivity contribution < 1.29 is 0 Å². The van der Waals surface area contributed by atoms with Gasteiger partial charge in [0.2, 0.25) is 5.95 Å². The van der Waals surface area contributed by atoms with Crippen molar-refractivity contribution in [2.45, 2.75) is 26.8 Å². The third-order valence-corrected chi connectivity index (χ3v) is 2.89. The molecule has 0 saturated carbocycles. The van der Waals surface area contributed by atoms with Crippen molar-refractivity contribution in [1.82, 2.24) is 9.97 Å². The second-order valence-electron chi connectivity index (χ2n) is 4.19. The Bertz CT molecular complexity index is 523. The molecule has 0 amide bonds. The van der Waals surface area contributed by atoms with Crippen LogP contribution in [0, 0.1) is 6.92 Å². The summed E-state index contributed by atoms with van der Waals surface area (Å²) >= 11 is 0. The lowest BCUT2D eigenvalue weighted by Crippen LogP contribution is -2.09. The molecule has 94 valence electrons. The summed E-state index contributed by atoms with van der Waals surface area (Å²) in [7, 11) is 0. The summed E-state index contributed by atoms with van der Waals surface area (Å²) in [5.41, 5.74) is 8.98. The summed E-state index contributed by atoms with van der Waals surface area (Å²) in [6.07, 6.45) is 0.892. The first-order valence-corrected chi connectivity index (χ1v) is 6.11. The topological polar surface area (TPSA) is 63.8 Å². The van der Waals surface area contributed by atoms with E-state index in [9.17, 15) is 0 Å². The summed E-state index contributed by atoms with van der Waals surface area (Å²) in [6.45, 7) is 4.80. The highest BCUT2D eigenvalue weighted by Gasteiger charge is 2.08. The highest BCUT2D eigenvalue weighted by Crippen LogP contribution is 2.18. The monoisotopic (exact) mass is 242 g/mol. The molecule has 1 aromatic carbocycles. The Morgan fingerprint density at radius 3 is 2.56 bits per heavy atom. The molecule has 0 radical (unpaired) electrons. The number of nitrogens with one attached hydrogen (secondary N) is 1. The van der Waals surface area contributed by atoms with Crippen LogP contribution in [0.4, 0.5) is 11.8 Å². The summed E-state index contributed by atoms with van der Waals surface area (Å²) in [5, 5.41) is 3.33. The van der Waals surface area contributed by atoms with E-state index in [1.54, 1.807) is 0 Å². The van der Waals surface area contributed by atoms with Crippen LogP contribution in [0.15, 0.2) is 30.3 Å². The summed E-state index contributed by atoms with van der Waals surface area (Å²) in [4.78, 5) is 8.46. The number of hydrogen-bond acceptors (Lipinski definition) is 4. The minimum Gasteiger partial charge on any atom is -0.368 e. The largest absolute Gasteiger partial charge is 0.368 e. The molecule has 0 aliphatic rings. The molecule has 1 heterocycles. The molecule has 0 aliphatic carbocycles. The Labute approximate surface area is 107 Å². The predicted molar refractivity (Wildman–Crippen MR) is 74.3 cm³/mol. The van der Waals surface area contributed by atoms with E-state index in [0.717, 1.165) is 30.0 Å². The first-order chi connectivity index (χ1) is 8.70. The van der Waals surface area contributed by atoms with Gasteiger partial charge in [0, 0.05) is 17.8 Å². The quantitative estimate of drug-likeness (QED) is 0.864. The molecular formula is C14H18N4. The predicted octanol–water partition coefficient (Wildman–Crippen LogP) is 2.54. The fraction of sp³-hybridized carbons (Fsp3) is 0.286. The number of aromatic nitrogens is 2. The van der Waals surface area contributed by atoms with Gasteiger partial charge in [-0.25, -0.2) is 4.98 Å². The molecule has 4 heteroatoms. The normalized spacial score (nSPS) is 10.3. The first-order valence-electron chi connectivity index (χ1n) is 6.11. The van der Waals surface area contributed by atoms with Crippen molar-refractivity contribution in [2.24, 2.45) is 0 Å². The molecule has 1 aromatic heterocycles. The van der Waals surface area contributed by atoms with Crippen LogP contribution in [0.5, 0.6) is 0 Å². The zero-order valence-electron chi connectivity index (χ0n) is 10.8. The van der Waals surface area contributed by atoms with Crippen LogP contribution < -0.4 is 11.1 Å². The van der Waals surface area contributed by atoms with E-state index in [2.05, 4.69) is 34.3 Å². The molecular weight excluding hydrogens is 224 g/mol. The molecule has 18 heavy (non-hydrogen) atoms. The lowest BCUT2D eigenvalue weighted by Gasteiger charge is -2.12. The first kappa shape index (κ1) is 12.4. The third kappa shape index (κ3) is 2.77. The number of nitrogens with two attached hydrogens (primary N) is 1. The maximum atomic E-state index is 5.69. The van der Waals surface area contributed by atoms with E-state index in [1.807, 2.05) is 25.1 Å². The average Bonchev–Trinajstić information content (AvgIpc) is 2.37. The molecule has 3 N–H and O–H groups in total. The van der Waals surface area contributed by atoms with Crippen molar-refractivity contribution in [1.29, 1.82) is 0 Å². The van der Waals surface area contributed by atoms with E-state index in [4.69, 9.17) is 5.73 Å². The van der Waals surface area contributed by atoms with Gasteiger partial charge >= 0.3 is 0 Å². The van der Waals surface area contributed by atoms with Crippen molar-refractivity contribution in [3.63, 3.8) is 0 Å². The zero-order chi connectivity index (χ0) is 13.0. The van der Waals surface area contributed by atoms with E-state index < -0.39 is 0 Å². The fourth-order valence-corrected chi connectivity index (χ4v) is 1.97. The fourth-order valence-electron chi connectivity index (χ4n) is 1.97. The lowest BCUT2D eigenvalue weighted by molar-refractivity contribution is 0.984. The number of aryl methyl sites for hydroxylation is 1. The average molecular weight is 242 g/mol. The van der Waals surface area contributed by atoms with E-state index in [-0.39, 0.29) is 0 Å². The molecule has 0 bridgehead atoms. The zero-order valence-corrected chi connectivity index (χ0v) is 10.8. The van der Waals surface area contributed by atoms with E-state index >= 15 is 0 Å². The molecule has 0 unspecified atom stereocenters. The van der Waals surface area contributed by atoms with Gasteiger partial charge < -0.3 is 11.1 Å². The van der Waals surface area contributed by atoms with Gasteiger partial charge in [-0.15, -0.1) is 0 Å². The van der Waals surface area contributed by atoms with Gasteiger partial charge in [-0.1, -0.05) is 37.3 Å². The molecule has 0 saturated heterocycles. The smallest absolute Gasteiger partial charge is 0.222 e. The Hall–Kier alpha value is -2.10. The number of nitrogens with zero attached hydrogens (tertiary/aromatic N) is 2. The van der Waals surface area contributed by atoms with Gasteiger partial charge in [0.25, 0.3) is 0 Å². The van der Waals surface area contributed by atoms with Gasteiger partial charge in [-0.2, -0.15) is 4.98 Å². The van der Waals surface area contributed by atoms with Gasteiger partial charge in [-0.05, 0) is 18.9 Å². The second-order valence-corrected chi connectivity index (χ2v) is 4.19. The van der Waals surface area contributed by atoms with E-state index in [1.165, 1.54) is 5.56 Å². The molecule has 0 fully saturated rings. The molecule has 2 aromatic rings. The van der Waals surface area contributed by atoms with Gasteiger partial charge in [0.15, 0.2) is 0 Å². The molecule has 0 aliphatic heterocycles. The van der Waals surface area contributed by atoms with Crippen LogP contribution in [-0.4, -0.2) is 9.97 Å². The molecule has 4 nitrogen and oxygen atoms in total. The minimum atomic E-state index is 0.320. The van der Waals surface area contributed by atoms with Crippen LogP contribution in [0.25, 0.3) is 0 Å². The summed E-state index contributed by atoms with van der Waals surface area (Å²) < 4.78 is 0. The standard InChI is InChI=1S/C14H18N4/c1-3-12-10(2)17-14(15)18-13(12)16-9-11-7-5-4-6-8-11/h4-8H,3,9H2,1-2H3,(H3,15,16,17,18). The maximum absolute atomic E-state index is 5.69. The minimum absolute atomic E-state index is 0.320. The highest BCUT2D eigenvalue weighted by atomic mass is 15.1. The van der Waals surface area contributed by atoms with Crippen molar-refractivity contribution in [3.8, 4) is 0 Å². The third-order valence-electron chi connectivity index (χ3n) is 2.89. The molecule has 2 rings (SSSR count).